The fourth-order valence-corrected chi connectivity index (χ4v) is 3.29. The molecule has 0 saturated carbocycles. The number of nitrogens with zero attached hydrogens (tertiary/aromatic N) is 1. The number of carboxylic acid groups (broad SMARTS) is 2. The Morgan fingerprint density at radius 2 is 1.97 bits per heavy atom. The van der Waals surface area contributed by atoms with Crippen LogP contribution in [0.5, 0.6) is 0 Å². The van der Waals surface area contributed by atoms with Crippen LogP contribution >= 0.6 is 11.6 Å². The summed E-state index contributed by atoms with van der Waals surface area (Å²) in [5.41, 5.74) is -1.63. The van der Waals surface area contributed by atoms with Gasteiger partial charge in [-0.15, -0.1) is 0 Å². The summed E-state index contributed by atoms with van der Waals surface area (Å²) in [6, 6.07) is 1.44. The Labute approximate surface area is 173 Å². The molecule has 0 saturated heterocycles. The molecule has 0 aromatic carbocycles. The predicted molar refractivity (Wildman–Crippen MR) is 107 cm³/mol. The maximum atomic E-state index is 12.1. The third-order valence-corrected chi connectivity index (χ3v) is 4.90. The maximum absolute atomic E-state index is 12.1. The van der Waals surface area contributed by atoms with E-state index in [4.69, 9.17) is 16.3 Å². The van der Waals surface area contributed by atoms with E-state index in [-0.39, 0.29) is 28.4 Å². The number of allylic oxidation sites excluding steroid dienone is 2. The summed E-state index contributed by atoms with van der Waals surface area (Å²) in [7, 11) is 0. The minimum absolute atomic E-state index is 0.00534. The van der Waals surface area contributed by atoms with Crippen molar-refractivity contribution in [1.82, 2.24) is 4.98 Å². The van der Waals surface area contributed by atoms with Gasteiger partial charge in [-0.3, -0.25) is 15.1 Å². The zero-order valence-electron chi connectivity index (χ0n) is 16.5. The van der Waals surface area contributed by atoms with Crippen molar-refractivity contribution >= 4 is 35.3 Å². The molecule has 2 unspecified atom stereocenters. The molecule has 1 aliphatic carbocycles. The summed E-state index contributed by atoms with van der Waals surface area (Å²) in [6.45, 7) is 6.73. The van der Waals surface area contributed by atoms with Crippen molar-refractivity contribution in [1.29, 1.82) is 0 Å². The number of aromatic nitrogens is 1. The number of halogens is 1. The molecule has 8 nitrogen and oxygen atoms in total. The molecule has 0 aliphatic heterocycles. The molecule has 3 N–H and O–H groups in total. The summed E-state index contributed by atoms with van der Waals surface area (Å²) >= 11 is 6.28. The van der Waals surface area contributed by atoms with Crippen LogP contribution in [0.3, 0.4) is 0 Å². The third-order valence-electron chi connectivity index (χ3n) is 4.58. The van der Waals surface area contributed by atoms with Gasteiger partial charge in [0.15, 0.2) is 0 Å². The third kappa shape index (κ3) is 5.14. The Kier molecular flexibility index (Phi) is 6.37. The number of amides is 1. The molecule has 0 bridgehead atoms. The predicted octanol–water partition coefficient (Wildman–Crippen LogP) is 3.91. The Morgan fingerprint density at radius 3 is 2.48 bits per heavy atom. The van der Waals surface area contributed by atoms with Crippen molar-refractivity contribution in [2.45, 2.75) is 39.7 Å². The van der Waals surface area contributed by atoms with Crippen LogP contribution in [-0.4, -0.2) is 38.8 Å². The van der Waals surface area contributed by atoms with Gasteiger partial charge in [0.05, 0.1) is 28.0 Å². The van der Waals surface area contributed by atoms with Gasteiger partial charge in [-0.25, -0.2) is 9.59 Å². The number of carboxylic acids is 2. The number of aliphatic carboxylic acids is 2. The van der Waals surface area contributed by atoms with Gasteiger partial charge in [0.2, 0.25) is 0 Å². The maximum Gasteiger partial charge on any atom is 0.412 e. The molecule has 0 radical (unpaired) electrons. The van der Waals surface area contributed by atoms with Gasteiger partial charge in [-0.05, 0) is 26.8 Å². The van der Waals surface area contributed by atoms with Crippen LogP contribution in [0, 0.1) is 11.3 Å². The van der Waals surface area contributed by atoms with E-state index in [0.29, 0.717) is 0 Å². The highest BCUT2D eigenvalue weighted by molar-refractivity contribution is 6.31. The number of hydrogen-bond acceptors (Lipinski definition) is 5. The lowest BCUT2D eigenvalue weighted by Gasteiger charge is -2.35. The van der Waals surface area contributed by atoms with Crippen molar-refractivity contribution < 1.29 is 29.3 Å². The Morgan fingerprint density at radius 1 is 1.31 bits per heavy atom. The molecule has 1 aromatic heterocycles. The van der Waals surface area contributed by atoms with Gasteiger partial charge in [0.25, 0.3) is 0 Å². The summed E-state index contributed by atoms with van der Waals surface area (Å²) in [6.07, 6.45) is 4.81. The highest BCUT2D eigenvalue weighted by Gasteiger charge is 2.46. The quantitative estimate of drug-likeness (QED) is 0.656. The fourth-order valence-electron chi connectivity index (χ4n) is 3.05. The van der Waals surface area contributed by atoms with Crippen LogP contribution in [0.4, 0.5) is 10.5 Å². The molecule has 2 rings (SSSR count). The van der Waals surface area contributed by atoms with Gasteiger partial charge in [0, 0.05) is 17.9 Å². The number of rotatable bonds is 5. The minimum atomic E-state index is -1.51. The average Bonchev–Trinajstić information content (AvgIpc) is 2.56. The summed E-state index contributed by atoms with van der Waals surface area (Å²) < 4.78 is 5.16. The lowest BCUT2D eigenvalue weighted by atomic mass is 9.67. The van der Waals surface area contributed by atoms with Gasteiger partial charge in [0.1, 0.15) is 5.60 Å². The van der Waals surface area contributed by atoms with Crippen LogP contribution in [-0.2, 0) is 20.7 Å². The van der Waals surface area contributed by atoms with Crippen LogP contribution in [0.25, 0.3) is 0 Å². The summed E-state index contributed by atoms with van der Waals surface area (Å²) in [5, 5.41) is 21.9. The second kappa shape index (κ2) is 8.24. The Bertz CT molecular complexity index is 903. The first kappa shape index (κ1) is 22.4. The van der Waals surface area contributed by atoms with Crippen molar-refractivity contribution in [3.8, 4) is 0 Å². The van der Waals surface area contributed by atoms with Gasteiger partial charge in [-0.1, -0.05) is 36.8 Å². The largest absolute Gasteiger partial charge is 0.481 e. The first-order chi connectivity index (χ1) is 13.4. The second-order valence-electron chi connectivity index (χ2n) is 7.81. The van der Waals surface area contributed by atoms with E-state index in [1.54, 1.807) is 27.7 Å². The number of carbonyl (C=O) groups is 3. The molecule has 0 fully saturated rings. The van der Waals surface area contributed by atoms with Crippen molar-refractivity contribution in [3.63, 3.8) is 0 Å². The number of pyridine rings is 1. The first-order valence-corrected chi connectivity index (χ1v) is 9.24. The SMILES string of the molecule is CC1C(C(=O)O)=CC=CC1(Cc1ncc(NC(=O)OC(C)(C)C)cc1Cl)C(=O)O. The molecule has 1 heterocycles. The average molecular weight is 423 g/mol. The Hall–Kier alpha value is -2.87. The monoisotopic (exact) mass is 422 g/mol. The molecule has 156 valence electrons. The van der Waals surface area contributed by atoms with E-state index in [1.165, 1.54) is 30.5 Å². The molecular formula is C20H23ClN2O6. The molecule has 9 heteroatoms. The molecule has 1 aliphatic rings. The molecule has 29 heavy (non-hydrogen) atoms. The minimum Gasteiger partial charge on any atom is -0.481 e. The summed E-state index contributed by atoms with van der Waals surface area (Å²) in [4.78, 5) is 39.6. The first-order valence-electron chi connectivity index (χ1n) is 8.86. The smallest absolute Gasteiger partial charge is 0.412 e. The van der Waals surface area contributed by atoms with E-state index < -0.39 is 35.0 Å². The van der Waals surface area contributed by atoms with Crippen LogP contribution in [0.15, 0.2) is 36.1 Å². The summed E-state index contributed by atoms with van der Waals surface area (Å²) in [5.74, 6) is -3.16. The number of carbonyl (C=O) groups excluding carboxylic acids is 1. The Balaban J connectivity index is 2.27. The van der Waals surface area contributed by atoms with E-state index in [9.17, 15) is 24.6 Å². The molecule has 0 spiro atoms. The lowest BCUT2D eigenvalue weighted by molar-refractivity contribution is -0.148. The van der Waals surface area contributed by atoms with E-state index >= 15 is 0 Å². The number of anilines is 1. The fraction of sp³-hybridized carbons (Fsp3) is 0.400. The highest BCUT2D eigenvalue weighted by Crippen LogP contribution is 2.42. The lowest BCUT2D eigenvalue weighted by Crippen LogP contribution is -2.41. The van der Waals surface area contributed by atoms with Crippen LogP contribution in [0.2, 0.25) is 5.02 Å². The van der Waals surface area contributed by atoms with E-state index in [0.717, 1.165) is 0 Å². The number of ether oxygens (including phenoxy) is 1. The van der Waals surface area contributed by atoms with Gasteiger partial charge >= 0.3 is 18.0 Å². The topological polar surface area (TPSA) is 126 Å². The molecule has 1 amide bonds. The standard InChI is InChI=1S/C20H23ClN2O6/c1-11-13(16(24)25)6-5-7-20(11,17(26)27)9-15-14(21)8-12(10-22-15)23-18(28)29-19(2,3)4/h5-8,10-11H,9H2,1-4H3,(H,23,28)(H,24,25)(H,26,27). The van der Waals surface area contributed by atoms with Gasteiger partial charge in [-0.2, -0.15) is 0 Å². The van der Waals surface area contributed by atoms with E-state index in [2.05, 4.69) is 10.3 Å². The molecular weight excluding hydrogens is 400 g/mol. The highest BCUT2D eigenvalue weighted by atomic mass is 35.5. The van der Waals surface area contributed by atoms with Crippen molar-refractivity contribution in [2.75, 3.05) is 5.32 Å². The normalized spacial score (nSPS) is 21.3. The molecule has 1 aromatic rings. The molecule has 2 atom stereocenters. The zero-order valence-corrected chi connectivity index (χ0v) is 17.3. The van der Waals surface area contributed by atoms with Crippen molar-refractivity contribution in [3.05, 3.63) is 46.8 Å². The zero-order chi connectivity index (χ0) is 22.0. The van der Waals surface area contributed by atoms with Crippen LogP contribution in [0.1, 0.15) is 33.4 Å². The van der Waals surface area contributed by atoms with Gasteiger partial charge < -0.3 is 14.9 Å². The number of hydrogen-bond donors (Lipinski definition) is 3. The van der Waals surface area contributed by atoms with Crippen molar-refractivity contribution in [2.24, 2.45) is 11.3 Å². The second-order valence-corrected chi connectivity index (χ2v) is 8.22. The van der Waals surface area contributed by atoms with E-state index in [1.807, 2.05) is 0 Å². The van der Waals surface area contributed by atoms with Crippen LogP contribution < -0.4 is 5.32 Å². The number of nitrogens with one attached hydrogen (secondary N) is 1.